The first-order chi connectivity index (χ1) is 22.6. The van der Waals surface area contributed by atoms with E-state index in [1.54, 1.807) is 29.3 Å². The third kappa shape index (κ3) is 7.19. The Kier molecular flexibility index (Phi) is 9.35. The standard InChI is InChI=1S/C35H40N6O5S/c1-24-18-32(46-27-8-6-5-7-9-27)37-22-31(24)41-34(36)28(21-38-41)33(42)30-20-26-19-25(35(43)39-12-14-44-15-13-39)10-11-29(26)40(30)23-45-16-17-47(2,3)4/h5-11,18-22H,12-17,23,36H2,1-4H3. The van der Waals surface area contributed by atoms with Crippen molar-refractivity contribution in [1.82, 2.24) is 24.2 Å². The number of benzene rings is 2. The van der Waals surface area contributed by atoms with Gasteiger partial charge in [-0.3, -0.25) is 9.59 Å². The molecule has 12 heteroatoms. The Labute approximate surface area is 275 Å². The number of fused-ring (bicyclic) bond motifs is 1. The van der Waals surface area contributed by atoms with Crippen LogP contribution in [-0.4, -0.2) is 93.4 Å². The highest BCUT2D eigenvalue weighted by Gasteiger charge is 2.25. The molecule has 0 saturated carbocycles. The molecule has 4 heterocycles. The maximum Gasteiger partial charge on any atom is 0.254 e. The number of aryl methyl sites for hydroxylation is 1. The molecule has 1 amide bonds. The average Bonchev–Trinajstić information content (AvgIpc) is 3.62. The van der Waals surface area contributed by atoms with Gasteiger partial charge in [0.1, 0.15) is 18.3 Å². The molecule has 0 unspecified atom stereocenters. The number of rotatable bonds is 11. The van der Waals surface area contributed by atoms with E-state index < -0.39 is 10.0 Å². The Morgan fingerprint density at radius 1 is 1.00 bits per heavy atom. The third-order valence-corrected chi connectivity index (χ3v) is 9.43. The van der Waals surface area contributed by atoms with Crippen molar-refractivity contribution in [2.75, 3.05) is 63.2 Å². The number of morpholine rings is 1. The molecule has 3 aromatic heterocycles. The minimum absolute atomic E-state index is 0.0603. The van der Waals surface area contributed by atoms with Crippen LogP contribution in [0, 0.1) is 6.92 Å². The van der Waals surface area contributed by atoms with Crippen LogP contribution in [0.4, 0.5) is 5.82 Å². The summed E-state index contributed by atoms with van der Waals surface area (Å²) in [7, 11) is -0.747. The molecule has 1 fully saturated rings. The molecular formula is C35H40N6O5S. The smallest absolute Gasteiger partial charge is 0.254 e. The lowest BCUT2D eigenvalue weighted by atomic mass is 10.1. The molecule has 2 aromatic carbocycles. The number of nitrogens with zero attached hydrogens (tertiary/aromatic N) is 5. The van der Waals surface area contributed by atoms with Crippen molar-refractivity contribution in [2.45, 2.75) is 13.7 Å². The Hall–Kier alpha value is -4.65. The molecule has 0 bridgehead atoms. The van der Waals surface area contributed by atoms with Gasteiger partial charge in [-0.05, 0) is 67.7 Å². The monoisotopic (exact) mass is 656 g/mol. The zero-order chi connectivity index (χ0) is 33.1. The highest BCUT2D eigenvalue weighted by Crippen LogP contribution is 2.34. The SMILES string of the molecule is Cc1cc(Oc2ccccc2)ncc1-n1ncc(C(=O)c2cc3cc(C(=O)N4CCOCC4)ccc3n2COCCS(C)(C)C)c1N. The Balaban J connectivity index is 1.30. The lowest BCUT2D eigenvalue weighted by Crippen LogP contribution is -2.40. The van der Waals surface area contributed by atoms with Gasteiger partial charge in [0.05, 0.1) is 54.7 Å². The predicted octanol–water partition coefficient (Wildman–Crippen LogP) is 5.28. The van der Waals surface area contributed by atoms with E-state index in [0.29, 0.717) is 61.5 Å². The molecule has 6 rings (SSSR count). The summed E-state index contributed by atoms with van der Waals surface area (Å²) in [6, 6.07) is 18.5. The van der Waals surface area contributed by atoms with Crippen LogP contribution in [0.3, 0.4) is 0 Å². The fourth-order valence-electron chi connectivity index (χ4n) is 5.42. The molecule has 0 radical (unpaired) electrons. The van der Waals surface area contributed by atoms with Crippen molar-refractivity contribution in [3.05, 3.63) is 95.4 Å². The van der Waals surface area contributed by atoms with Gasteiger partial charge >= 0.3 is 0 Å². The van der Waals surface area contributed by atoms with Gasteiger partial charge in [-0.1, -0.05) is 18.2 Å². The molecule has 11 nitrogen and oxygen atoms in total. The lowest BCUT2D eigenvalue weighted by Gasteiger charge is -2.26. The third-order valence-electron chi connectivity index (χ3n) is 8.04. The van der Waals surface area contributed by atoms with Crippen molar-refractivity contribution in [1.29, 1.82) is 0 Å². The number of carbonyl (C=O) groups excluding carboxylic acids is 2. The Morgan fingerprint density at radius 2 is 1.77 bits per heavy atom. The van der Waals surface area contributed by atoms with E-state index in [1.165, 1.54) is 10.9 Å². The summed E-state index contributed by atoms with van der Waals surface area (Å²) in [4.78, 5) is 33.7. The van der Waals surface area contributed by atoms with Crippen LogP contribution < -0.4 is 10.5 Å². The van der Waals surface area contributed by atoms with E-state index in [1.807, 2.05) is 54.0 Å². The molecule has 5 aromatic rings. The largest absolute Gasteiger partial charge is 0.439 e. The summed E-state index contributed by atoms with van der Waals surface area (Å²) in [5.41, 5.74) is 10.0. The van der Waals surface area contributed by atoms with E-state index in [9.17, 15) is 9.59 Å². The molecule has 1 saturated heterocycles. The molecule has 1 aliphatic rings. The summed E-state index contributed by atoms with van der Waals surface area (Å²) in [6.07, 6.45) is 9.83. The lowest BCUT2D eigenvalue weighted by molar-refractivity contribution is 0.0303. The van der Waals surface area contributed by atoms with Crippen LogP contribution in [0.1, 0.15) is 32.0 Å². The quantitative estimate of drug-likeness (QED) is 0.150. The van der Waals surface area contributed by atoms with Gasteiger partial charge in [0.15, 0.2) is 0 Å². The Bertz CT molecular complexity index is 1910. The number of carbonyl (C=O) groups is 2. The van der Waals surface area contributed by atoms with Crippen LogP contribution in [-0.2, 0) is 16.2 Å². The number of amides is 1. The topological polar surface area (TPSA) is 127 Å². The van der Waals surface area contributed by atoms with E-state index >= 15 is 0 Å². The van der Waals surface area contributed by atoms with Gasteiger partial charge in [-0.2, -0.15) is 5.10 Å². The number of aromatic nitrogens is 4. The van der Waals surface area contributed by atoms with Crippen molar-refractivity contribution >= 4 is 38.4 Å². The zero-order valence-corrected chi connectivity index (χ0v) is 28.0. The van der Waals surface area contributed by atoms with Crippen molar-refractivity contribution in [3.8, 4) is 17.3 Å². The van der Waals surface area contributed by atoms with E-state index in [-0.39, 0.29) is 29.8 Å². The molecule has 246 valence electrons. The van der Waals surface area contributed by atoms with Crippen molar-refractivity contribution in [2.24, 2.45) is 0 Å². The van der Waals surface area contributed by atoms with Crippen LogP contribution >= 0.6 is 10.0 Å². The maximum atomic E-state index is 14.2. The first-order valence-electron chi connectivity index (χ1n) is 15.4. The summed E-state index contributed by atoms with van der Waals surface area (Å²) in [6.45, 7) is 4.78. The van der Waals surface area contributed by atoms with Crippen LogP contribution in [0.25, 0.3) is 16.6 Å². The molecule has 47 heavy (non-hydrogen) atoms. The molecule has 0 spiro atoms. The normalized spacial score (nSPS) is 14.0. The van der Waals surface area contributed by atoms with Gasteiger partial charge in [-0.25, -0.2) is 19.7 Å². The molecule has 0 atom stereocenters. The van der Waals surface area contributed by atoms with Gasteiger partial charge in [-0.15, -0.1) is 0 Å². The summed E-state index contributed by atoms with van der Waals surface area (Å²) < 4.78 is 20.7. The second kappa shape index (κ2) is 13.6. The number of pyridine rings is 1. The second-order valence-corrected chi connectivity index (χ2v) is 17.0. The highest BCUT2D eigenvalue weighted by atomic mass is 32.3. The van der Waals surface area contributed by atoms with Gasteiger partial charge in [0, 0.05) is 35.9 Å². The fourth-order valence-corrected chi connectivity index (χ4v) is 6.04. The number of ether oxygens (including phenoxy) is 3. The maximum absolute atomic E-state index is 14.2. The van der Waals surface area contributed by atoms with Crippen molar-refractivity contribution < 1.29 is 23.8 Å². The molecule has 0 aliphatic carbocycles. The van der Waals surface area contributed by atoms with Gasteiger partial charge in [0.2, 0.25) is 11.7 Å². The minimum Gasteiger partial charge on any atom is -0.439 e. The number of para-hydroxylation sites is 1. The van der Waals surface area contributed by atoms with E-state index in [4.69, 9.17) is 19.9 Å². The molecule has 2 N–H and O–H groups in total. The van der Waals surface area contributed by atoms with Gasteiger partial charge < -0.3 is 29.4 Å². The zero-order valence-electron chi connectivity index (χ0n) is 27.1. The number of hydrogen-bond donors (Lipinski definition) is 1. The van der Waals surface area contributed by atoms with Crippen LogP contribution in [0.5, 0.6) is 11.6 Å². The number of anilines is 1. The molecule has 1 aliphatic heterocycles. The van der Waals surface area contributed by atoms with Crippen LogP contribution in [0.2, 0.25) is 0 Å². The number of nitrogens with two attached hydrogens (primary N) is 1. The summed E-state index contributed by atoms with van der Waals surface area (Å²) in [5.74, 6) is 1.88. The van der Waals surface area contributed by atoms with Crippen molar-refractivity contribution in [3.63, 3.8) is 0 Å². The number of nitrogen functional groups attached to an aromatic ring is 1. The van der Waals surface area contributed by atoms with E-state index in [2.05, 4.69) is 28.8 Å². The fraction of sp³-hybridized carbons (Fsp3) is 0.314. The van der Waals surface area contributed by atoms with Crippen LogP contribution in [0.15, 0.2) is 73.1 Å². The van der Waals surface area contributed by atoms with Gasteiger partial charge in [0.25, 0.3) is 5.91 Å². The number of hydrogen-bond acceptors (Lipinski definition) is 8. The summed E-state index contributed by atoms with van der Waals surface area (Å²) in [5, 5.41) is 5.24. The van der Waals surface area contributed by atoms with E-state index in [0.717, 1.165) is 22.2 Å². The first-order valence-corrected chi connectivity index (χ1v) is 18.4. The first kappa shape index (κ1) is 32.3. The summed E-state index contributed by atoms with van der Waals surface area (Å²) >= 11 is 0. The minimum atomic E-state index is -0.747. The average molecular weight is 657 g/mol. The molecular weight excluding hydrogens is 616 g/mol. The predicted molar refractivity (Wildman–Crippen MR) is 185 cm³/mol. The Morgan fingerprint density at radius 3 is 2.49 bits per heavy atom. The second-order valence-electron chi connectivity index (χ2n) is 12.4. The highest BCUT2D eigenvalue weighted by molar-refractivity contribution is 8.32. The number of ketones is 1.